The van der Waals surface area contributed by atoms with E-state index in [1.165, 1.54) is 17.0 Å². The molecule has 3 amide bonds. The van der Waals surface area contributed by atoms with Crippen LogP contribution < -0.4 is 10.1 Å². The van der Waals surface area contributed by atoms with Crippen molar-refractivity contribution >= 4 is 17.6 Å². The Hall–Kier alpha value is -3.16. The van der Waals surface area contributed by atoms with Gasteiger partial charge < -0.3 is 19.9 Å². The maximum Gasteiger partial charge on any atom is 0.387 e. The van der Waals surface area contributed by atoms with Crippen LogP contribution in [0.3, 0.4) is 0 Å². The Morgan fingerprint density at radius 2 is 1.53 bits per heavy atom. The molecule has 0 aromatic heterocycles. The normalized spacial score (nSPS) is 10.6. The van der Waals surface area contributed by atoms with Crippen LogP contribution in [0, 0.1) is 0 Å². The van der Waals surface area contributed by atoms with E-state index < -0.39 is 6.61 Å². The fourth-order valence-electron chi connectivity index (χ4n) is 2.91. The van der Waals surface area contributed by atoms with Crippen LogP contribution in [-0.4, -0.2) is 48.5 Å². The molecule has 0 heterocycles. The monoisotopic (exact) mass is 419 g/mol. The van der Waals surface area contributed by atoms with Crippen LogP contribution in [-0.2, 0) is 17.8 Å². The molecule has 0 aliphatic heterocycles. The lowest BCUT2D eigenvalue weighted by Crippen LogP contribution is -2.31. The van der Waals surface area contributed by atoms with Crippen molar-refractivity contribution in [3.8, 4) is 5.75 Å². The minimum absolute atomic E-state index is 0.0698. The van der Waals surface area contributed by atoms with Gasteiger partial charge in [0.1, 0.15) is 5.75 Å². The van der Waals surface area contributed by atoms with Gasteiger partial charge in [-0.15, -0.1) is 0 Å². The molecule has 1 N–H and O–H groups in total. The third-order valence-corrected chi connectivity index (χ3v) is 4.59. The van der Waals surface area contributed by atoms with Gasteiger partial charge in [-0.25, -0.2) is 4.79 Å². The van der Waals surface area contributed by atoms with Crippen LogP contribution in [0.15, 0.2) is 48.5 Å². The molecule has 0 bridgehead atoms. The van der Waals surface area contributed by atoms with Gasteiger partial charge in [0, 0.05) is 32.4 Å². The van der Waals surface area contributed by atoms with Gasteiger partial charge in [0.05, 0.1) is 6.42 Å². The number of urea groups is 1. The molecule has 0 atom stereocenters. The van der Waals surface area contributed by atoms with Crippen molar-refractivity contribution in [1.29, 1.82) is 0 Å². The number of likely N-dealkylation sites (N-methyl/N-ethyl adjacent to an activating group) is 1. The first-order chi connectivity index (χ1) is 14.3. The Morgan fingerprint density at radius 1 is 0.967 bits per heavy atom. The molecule has 2 aromatic carbocycles. The minimum Gasteiger partial charge on any atom is -0.435 e. The number of amides is 3. The molecule has 30 heavy (non-hydrogen) atoms. The molecule has 0 unspecified atom stereocenters. The summed E-state index contributed by atoms with van der Waals surface area (Å²) in [6.07, 6.45) is 0.321. The average molecular weight is 419 g/mol. The maximum absolute atomic E-state index is 12.4. The number of nitrogens with one attached hydrogen (secondary N) is 1. The van der Waals surface area contributed by atoms with Gasteiger partial charge in [-0.05, 0) is 49.2 Å². The lowest BCUT2D eigenvalue weighted by molar-refractivity contribution is -0.130. The standard InChI is InChI=1S/C22H27F2N3O3/c1-4-27(5-2)20(28)14-16-6-10-18(11-7-16)25-22(29)26(3)15-17-8-12-19(13-9-17)30-21(23)24/h6-13,21H,4-5,14-15H2,1-3H3,(H,25,29). The van der Waals surface area contributed by atoms with E-state index in [4.69, 9.17) is 0 Å². The van der Waals surface area contributed by atoms with Gasteiger partial charge in [-0.2, -0.15) is 8.78 Å². The molecule has 2 rings (SSSR count). The molecule has 2 aromatic rings. The summed E-state index contributed by atoms with van der Waals surface area (Å²) in [5.74, 6) is 0.141. The van der Waals surface area contributed by atoms with Crippen molar-refractivity contribution in [3.05, 3.63) is 59.7 Å². The summed E-state index contributed by atoms with van der Waals surface area (Å²) >= 11 is 0. The Labute approximate surface area is 175 Å². The number of benzene rings is 2. The molecule has 162 valence electrons. The SMILES string of the molecule is CCN(CC)C(=O)Cc1ccc(NC(=O)N(C)Cc2ccc(OC(F)F)cc2)cc1. The number of nitrogens with zero attached hydrogens (tertiary/aromatic N) is 2. The number of carbonyl (C=O) groups is 2. The minimum atomic E-state index is -2.87. The number of ether oxygens (including phenoxy) is 1. The van der Waals surface area contributed by atoms with Gasteiger partial charge in [-0.3, -0.25) is 4.79 Å². The fraction of sp³-hybridized carbons (Fsp3) is 0.364. The Kier molecular flexibility index (Phi) is 8.58. The van der Waals surface area contributed by atoms with Crippen molar-refractivity contribution in [2.24, 2.45) is 0 Å². The topological polar surface area (TPSA) is 61.9 Å². The lowest BCUT2D eigenvalue weighted by Gasteiger charge is -2.19. The van der Waals surface area contributed by atoms with Crippen molar-refractivity contribution < 1.29 is 23.1 Å². The third kappa shape index (κ3) is 7.02. The zero-order chi connectivity index (χ0) is 22.1. The Balaban J connectivity index is 1.88. The number of rotatable bonds is 9. The predicted octanol–water partition coefficient (Wildman–Crippen LogP) is 4.36. The van der Waals surface area contributed by atoms with E-state index in [0.717, 1.165) is 11.1 Å². The summed E-state index contributed by atoms with van der Waals surface area (Å²) in [7, 11) is 1.63. The molecular formula is C22H27F2N3O3. The summed E-state index contributed by atoms with van der Waals surface area (Å²) in [5.41, 5.74) is 2.27. The van der Waals surface area contributed by atoms with E-state index in [0.29, 0.717) is 31.7 Å². The molecule has 6 nitrogen and oxygen atoms in total. The van der Waals surface area contributed by atoms with Gasteiger partial charge in [-0.1, -0.05) is 24.3 Å². The molecule has 0 saturated heterocycles. The zero-order valence-corrected chi connectivity index (χ0v) is 17.4. The molecule has 0 radical (unpaired) electrons. The zero-order valence-electron chi connectivity index (χ0n) is 17.4. The van der Waals surface area contributed by atoms with Crippen LogP contribution in [0.2, 0.25) is 0 Å². The number of hydrogen-bond acceptors (Lipinski definition) is 3. The Bertz CT molecular complexity index is 823. The fourth-order valence-corrected chi connectivity index (χ4v) is 2.91. The number of anilines is 1. The number of alkyl halides is 2. The highest BCUT2D eigenvalue weighted by Crippen LogP contribution is 2.16. The van der Waals surface area contributed by atoms with Crippen molar-refractivity contribution in [1.82, 2.24) is 9.80 Å². The van der Waals surface area contributed by atoms with E-state index in [9.17, 15) is 18.4 Å². The van der Waals surface area contributed by atoms with Crippen LogP contribution in [0.4, 0.5) is 19.3 Å². The van der Waals surface area contributed by atoms with E-state index in [-0.39, 0.29) is 17.7 Å². The molecule has 0 aliphatic rings. The quantitative estimate of drug-likeness (QED) is 0.657. The smallest absolute Gasteiger partial charge is 0.387 e. The van der Waals surface area contributed by atoms with Gasteiger partial charge in [0.25, 0.3) is 0 Å². The van der Waals surface area contributed by atoms with Crippen LogP contribution >= 0.6 is 0 Å². The highest BCUT2D eigenvalue weighted by Gasteiger charge is 2.12. The predicted molar refractivity (Wildman–Crippen MR) is 112 cm³/mol. The summed E-state index contributed by atoms with van der Waals surface area (Å²) in [6.45, 7) is 2.68. The summed E-state index contributed by atoms with van der Waals surface area (Å²) in [4.78, 5) is 27.8. The first kappa shape index (κ1) is 23.1. The summed E-state index contributed by atoms with van der Waals surface area (Å²) in [6, 6.07) is 13.0. The highest BCUT2D eigenvalue weighted by atomic mass is 19.3. The number of hydrogen-bond donors (Lipinski definition) is 1. The molecule has 0 saturated carbocycles. The molecule has 8 heteroatoms. The largest absolute Gasteiger partial charge is 0.435 e. The van der Waals surface area contributed by atoms with Crippen LogP contribution in [0.1, 0.15) is 25.0 Å². The van der Waals surface area contributed by atoms with E-state index in [1.54, 1.807) is 36.2 Å². The van der Waals surface area contributed by atoms with E-state index >= 15 is 0 Å². The molecule has 0 aliphatic carbocycles. The number of halogens is 2. The van der Waals surface area contributed by atoms with Crippen LogP contribution in [0.5, 0.6) is 5.75 Å². The highest BCUT2D eigenvalue weighted by molar-refractivity contribution is 5.89. The van der Waals surface area contributed by atoms with Gasteiger partial charge in [0.15, 0.2) is 0 Å². The molecular weight excluding hydrogens is 392 g/mol. The van der Waals surface area contributed by atoms with Gasteiger partial charge in [0.2, 0.25) is 5.91 Å². The number of carbonyl (C=O) groups excluding carboxylic acids is 2. The Morgan fingerprint density at radius 3 is 2.07 bits per heavy atom. The summed E-state index contributed by atoms with van der Waals surface area (Å²) in [5, 5.41) is 2.79. The second kappa shape index (κ2) is 11.1. The van der Waals surface area contributed by atoms with Crippen LogP contribution in [0.25, 0.3) is 0 Å². The van der Waals surface area contributed by atoms with Crippen molar-refractivity contribution in [2.75, 3.05) is 25.5 Å². The van der Waals surface area contributed by atoms with Crippen molar-refractivity contribution in [2.45, 2.75) is 33.4 Å². The molecule has 0 spiro atoms. The van der Waals surface area contributed by atoms with E-state index in [2.05, 4.69) is 10.1 Å². The third-order valence-electron chi connectivity index (χ3n) is 4.59. The second-order valence-corrected chi connectivity index (χ2v) is 6.75. The van der Waals surface area contributed by atoms with Gasteiger partial charge >= 0.3 is 12.6 Å². The first-order valence-corrected chi connectivity index (χ1v) is 9.75. The first-order valence-electron chi connectivity index (χ1n) is 9.75. The second-order valence-electron chi connectivity index (χ2n) is 6.75. The maximum atomic E-state index is 12.4. The lowest BCUT2D eigenvalue weighted by atomic mass is 10.1. The van der Waals surface area contributed by atoms with Crippen molar-refractivity contribution in [3.63, 3.8) is 0 Å². The summed E-state index contributed by atoms with van der Waals surface area (Å²) < 4.78 is 28.7. The average Bonchev–Trinajstić information content (AvgIpc) is 2.71. The molecule has 0 fully saturated rings. The van der Waals surface area contributed by atoms with E-state index in [1.807, 2.05) is 26.0 Å².